The van der Waals surface area contributed by atoms with Crippen molar-refractivity contribution in [3.05, 3.63) is 23.0 Å². The molecule has 1 unspecified atom stereocenters. The number of cyclic esters (lactones) is 1. The van der Waals surface area contributed by atoms with Gasteiger partial charge in [0, 0.05) is 0 Å². The van der Waals surface area contributed by atoms with E-state index in [1.807, 2.05) is 13.8 Å². The summed E-state index contributed by atoms with van der Waals surface area (Å²) in [6.45, 7) is 5.69. The van der Waals surface area contributed by atoms with Gasteiger partial charge in [-0.2, -0.15) is 13.2 Å². The molecule has 0 spiro atoms. The Morgan fingerprint density at radius 1 is 1.33 bits per heavy atom. The summed E-state index contributed by atoms with van der Waals surface area (Å²) in [7, 11) is 0. The van der Waals surface area contributed by atoms with Gasteiger partial charge in [0.1, 0.15) is 12.0 Å². The van der Waals surface area contributed by atoms with E-state index in [-0.39, 0.29) is 30.0 Å². The summed E-state index contributed by atoms with van der Waals surface area (Å²) in [5.41, 5.74) is 5.21. The fourth-order valence-corrected chi connectivity index (χ4v) is 3.84. The highest BCUT2D eigenvalue weighted by Gasteiger charge is 2.52. The topological polar surface area (TPSA) is 103 Å². The minimum Gasteiger partial charge on any atom is -0.444 e. The van der Waals surface area contributed by atoms with Crippen LogP contribution in [0.3, 0.4) is 0 Å². The molecular formula is C19H22F3N5O3. The number of amides is 2. The summed E-state index contributed by atoms with van der Waals surface area (Å²) in [4.78, 5) is 29.9. The van der Waals surface area contributed by atoms with E-state index in [1.165, 1.54) is 4.90 Å². The lowest BCUT2D eigenvalue weighted by molar-refractivity contribution is -0.155. The monoisotopic (exact) mass is 425 g/mol. The average molecular weight is 425 g/mol. The normalized spacial score (nSPS) is 20.8. The van der Waals surface area contributed by atoms with Crippen molar-refractivity contribution in [2.75, 3.05) is 11.4 Å². The number of fused-ring (bicyclic) bond motifs is 1. The highest BCUT2D eigenvalue weighted by molar-refractivity contribution is 5.94. The molecule has 4 rings (SSSR count). The van der Waals surface area contributed by atoms with E-state index in [1.54, 1.807) is 13.0 Å². The van der Waals surface area contributed by atoms with Crippen LogP contribution >= 0.6 is 0 Å². The molecule has 2 N–H and O–H groups in total. The summed E-state index contributed by atoms with van der Waals surface area (Å²) in [5, 5.41) is 4.26. The molecule has 1 aliphatic carbocycles. The number of anilines is 1. The van der Waals surface area contributed by atoms with Gasteiger partial charge in [-0.3, -0.25) is 9.69 Å². The average Bonchev–Trinajstić information content (AvgIpc) is 3.23. The van der Waals surface area contributed by atoms with Crippen LogP contribution in [0.5, 0.6) is 0 Å². The zero-order valence-corrected chi connectivity index (χ0v) is 16.7. The first-order valence-electron chi connectivity index (χ1n) is 9.74. The molecule has 8 nitrogen and oxygen atoms in total. The smallest absolute Gasteiger partial charge is 0.416 e. The number of nitrogens with two attached hydrogens (primary N) is 1. The van der Waals surface area contributed by atoms with Crippen LogP contribution < -0.4 is 10.6 Å². The Kier molecular flexibility index (Phi) is 4.66. The highest BCUT2D eigenvalue weighted by Crippen LogP contribution is 2.51. The largest absolute Gasteiger partial charge is 0.444 e. The fourth-order valence-electron chi connectivity index (χ4n) is 3.84. The third kappa shape index (κ3) is 3.35. The molecule has 0 aromatic carbocycles. The summed E-state index contributed by atoms with van der Waals surface area (Å²) >= 11 is 0. The third-order valence-electron chi connectivity index (χ3n) is 5.61. The van der Waals surface area contributed by atoms with Gasteiger partial charge in [-0.1, -0.05) is 13.8 Å². The van der Waals surface area contributed by atoms with E-state index in [0.717, 1.165) is 4.52 Å². The SMILES string of the molecule is Cc1cc(N2CC(C(C)C)OC2=O)nn2c(C(N)=O)c([C@@H](C3CC3)C(F)(F)F)nc12. The molecule has 11 heteroatoms. The molecule has 2 aromatic heterocycles. The van der Waals surface area contributed by atoms with Gasteiger partial charge in [-0.05, 0) is 43.2 Å². The number of nitrogens with zero attached hydrogens (tertiary/aromatic N) is 4. The first kappa shape index (κ1) is 20.4. The Bertz CT molecular complexity index is 1030. The molecule has 1 saturated carbocycles. The first-order chi connectivity index (χ1) is 14.0. The van der Waals surface area contributed by atoms with Crippen molar-refractivity contribution in [3.63, 3.8) is 0 Å². The van der Waals surface area contributed by atoms with E-state index in [4.69, 9.17) is 10.5 Å². The summed E-state index contributed by atoms with van der Waals surface area (Å²) in [5.74, 6) is -3.33. The van der Waals surface area contributed by atoms with Gasteiger partial charge in [-0.15, -0.1) is 5.10 Å². The molecule has 1 aliphatic heterocycles. The maximum Gasteiger partial charge on any atom is 0.416 e. The van der Waals surface area contributed by atoms with Crippen LogP contribution in [0.25, 0.3) is 5.65 Å². The van der Waals surface area contributed by atoms with Crippen molar-refractivity contribution in [2.45, 2.75) is 51.8 Å². The Morgan fingerprint density at radius 2 is 2.00 bits per heavy atom. The Balaban J connectivity index is 1.86. The lowest BCUT2D eigenvalue weighted by Crippen LogP contribution is -2.29. The quantitative estimate of drug-likeness (QED) is 0.793. The maximum absolute atomic E-state index is 13.8. The molecule has 30 heavy (non-hydrogen) atoms. The minimum atomic E-state index is -4.57. The second-order valence-electron chi connectivity index (χ2n) is 8.26. The van der Waals surface area contributed by atoms with Crippen LogP contribution in [0.4, 0.5) is 23.8 Å². The van der Waals surface area contributed by atoms with Crippen molar-refractivity contribution < 1.29 is 27.5 Å². The number of hydrogen-bond donors (Lipinski definition) is 1. The molecule has 2 aromatic rings. The zero-order chi connectivity index (χ0) is 22.0. The van der Waals surface area contributed by atoms with E-state index >= 15 is 0 Å². The van der Waals surface area contributed by atoms with Gasteiger partial charge in [0.2, 0.25) is 0 Å². The predicted molar refractivity (Wildman–Crippen MR) is 100 cm³/mol. The van der Waals surface area contributed by atoms with Crippen molar-refractivity contribution in [3.8, 4) is 0 Å². The van der Waals surface area contributed by atoms with Crippen LogP contribution in [0.15, 0.2) is 6.07 Å². The van der Waals surface area contributed by atoms with Crippen LogP contribution in [0.1, 0.15) is 54.4 Å². The molecule has 2 amide bonds. The van der Waals surface area contributed by atoms with Crippen LogP contribution in [0, 0.1) is 18.8 Å². The number of hydrogen-bond acceptors (Lipinski definition) is 5. The number of imidazole rings is 1. The van der Waals surface area contributed by atoms with Gasteiger partial charge in [0.15, 0.2) is 17.2 Å². The second-order valence-corrected chi connectivity index (χ2v) is 8.26. The Labute approximate surface area is 170 Å². The standard InChI is InChI=1S/C19H22F3N5O3/c1-8(2)11-7-26(18(29)30-11)12-6-9(3)17-24-14(15(16(23)28)27(17)25-12)13(10-4-5-10)19(20,21)22/h6,8,10-11,13H,4-5,7H2,1-3H3,(H2,23,28)/t11?,13-/m1/s1. The van der Waals surface area contributed by atoms with E-state index in [2.05, 4.69) is 10.1 Å². The van der Waals surface area contributed by atoms with Gasteiger partial charge in [0.05, 0.1) is 12.2 Å². The first-order valence-corrected chi connectivity index (χ1v) is 9.74. The summed E-state index contributed by atoms with van der Waals surface area (Å²) < 4.78 is 47.7. The van der Waals surface area contributed by atoms with E-state index in [0.29, 0.717) is 18.4 Å². The molecule has 1 saturated heterocycles. The van der Waals surface area contributed by atoms with Gasteiger partial charge < -0.3 is 10.5 Å². The molecule has 3 heterocycles. The third-order valence-corrected chi connectivity index (χ3v) is 5.61. The highest BCUT2D eigenvalue weighted by atomic mass is 19.4. The fraction of sp³-hybridized carbons (Fsp3) is 0.579. The van der Waals surface area contributed by atoms with Gasteiger partial charge in [0.25, 0.3) is 5.91 Å². The van der Waals surface area contributed by atoms with Crippen LogP contribution in [-0.2, 0) is 4.74 Å². The van der Waals surface area contributed by atoms with Crippen molar-refractivity contribution in [1.82, 2.24) is 14.6 Å². The van der Waals surface area contributed by atoms with Gasteiger partial charge >= 0.3 is 12.3 Å². The minimum absolute atomic E-state index is 0.0795. The van der Waals surface area contributed by atoms with Crippen molar-refractivity contribution in [1.29, 1.82) is 0 Å². The van der Waals surface area contributed by atoms with Crippen molar-refractivity contribution >= 4 is 23.5 Å². The summed E-state index contributed by atoms with van der Waals surface area (Å²) in [6.07, 6.45) is -4.70. The van der Waals surface area contributed by atoms with E-state index < -0.39 is 41.4 Å². The maximum atomic E-state index is 13.8. The van der Waals surface area contributed by atoms with E-state index in [9.17, 15) is 22.8 Å². The number of aryl methyl sites for hydroxylation is 1. The molecule has 2 fully saturated rings. The molecule has 2 aliphatic rings. The second kappa shape index (κ2) is 6.85. The summed E-state index contributed by atoms with van der Waals surface area (Å²) in [6, 6.07) is 1.54. The lowest BCUT2D eigenvalue weighted by Gasteiger charge is -2.18. The number of ether oxygens (including phenoxy) is 1. The molecule has 0 bridgehead atoms. The number of carbonyl (C=O) groups excluding carboxylic acids is 2. The molecular weight excluding hydrogens is 403 g/mol. The van der Waals surface area contributed by atoms with Crippen LogP contribution in [-0.4, -0.2) is 45.4 Å². The number of alkyl halides is 3. The number of rotatable bonds is 5. The Morgan fingerprint density at radius 3 is 2.50 bits per heavy atom. The lowest BCUT2D eigenvalue weighted by atomic mass is 9.97. The van der Waals surface area contributed by atoms with Crippen LogP contribution in [0.2, 0.25) is 0 Å². The zero-order valence-electron chi connectivity index (χ0n) is 16.7. The molecule has 162 valence electrons. The van der Waals surface area contributed by atoms with Crippen molar-refractivity contribution in [2.24, 2.45) is 17.6 Å². The number of halogens is 3. The van der Waals surface area contributed by atoms with Gasteiger partial charge in [-0.25, -0.2) is 14.3 Å². The number of carbonyl (C=O) groups is 2. The number of primary amides is 1. The number of aromatic nitrogens is 3. The molecule has 0 radical (unpaired) electrons. The Hall–Kier alpha value is -2.85. The molecule has 2 atom stereocenters. The predicted octanol–water partition coefficient (Wildman–Crippen LogP) is 3.17.